The van der Waals surface area contributed by atoms with E-state index in [-0.39, 0.29) is 12.5 Å². The van der Waals surface area contributed by atoms with Gasteiger partial charge in [0.25, 0.3) is 0 Å². The maximum atomic E-state index is 11.1. The van der Waals surface area contributed by atoms with Crippen LogP contribution in [0.4, 0.5) is 0 Å². The summed E-state index contributed by atoms with van der Waals surface area (Å²) in [4.78, 5) is 13.0. The zero-order valence-electron chi connectivity index (χ0n) is 8.00. The molecule has 0 radical (unpaired) electrons. The van der Waals surface area contributed by atoms with Gasteiger partial charge >= 0.3 is 0 Å². The highest BCUT2D eigenvalue weighted by atomic mass is 16.3. The van der Waals surface area contributed by atoms with Gasteiger partial charge in [-0.15, -0.1) is 0 Å². The molecule has 72 valence electrons. The lowest BCUT2D eigenvalue weighted by Gasteiger charge is -2.19. The number of hydrogen-bond acceptors (Lipinski definition) is 3. The molecule has 0 aromatic heterocycles. The van der Waals surface area contributed by atoms with Gasteiger partial charge in [-0.1, -0.05) is 0 Å². The SMILES string of the molecule is CC(C)N(C)CC(=O)NCCO. The Kier molecular flexibility index (Phi) is 5.66. The van der Waals surface area contributed by atoms with E-state index in [2.05, 4.69) is 5.32 Å². The molecule has 0 atom stereocenters. The van der Waals surface area contributed by atoms with E-state index >= 15 is 0 Å². The molecular weight excluding hydrogens is 156 g/mol. The summed E-state index contributed by atoms with van der Waals surface area (Å²) in [6.07, 6.45) is 0. The first kappa shape index (κ1) is 11.4. The van der Waals surface area contributed by atoms with Gasteiger partial charge in [-0.25, -0.2) is 0 Å². The van der Waals surface area contributed by atoms with Crippen LogP contribution in [0.5, 0.6) is 0 Å². The minimum atomic E-state index is -0.0414. The van der Waals surface area contributed by atoms with Crippen molar-refractivity contribution in [3.05, 3.63) is 0 Å². The van der Waals surface area contributed by atoms with E-state index < -0.39 is 0 Å². The summed E-state index contributed by atoms with van der Waals surface area (Å²) in [5.41, 5.74) is 0. The van der Waals surface area contributed by atoms with Crippen LogP contribution in [-0.2, 0) is 4.79 Å². The summed E-state index contributed by atoms with van der Waals surface area (Å²) >= 11 is 0. The number of carbonyl (C=O) groups excluding carboxylic acids is 1. The number of hydrogen-bond donors (Lipinski definition) is 2. The molecule has 0 saturated carbocycles. The first-order valence-corrected chi connectivity index (χ1v) is 4.15. The Labute approximate surface area is 73.6 Å². The van der Waals surface area contributed by atoms with Gasteiger partial charge in [-0.2, -0.15) is 0 Å². The second kappa shape index (κ2) is 5.97. The van der Waals surface area contributed by atoms with E-state index in [0.717, 1.165) is 0 Å². The van der Waals surface area contributed by atoms with Gasteiger partial charge in [-0.05, 0) is 20.9 Å². The number of likely N-dealkylation sites (N-methyl/N-ethyl adjacent to an activating group) is 1. The van der Waals surface area contributed by atoms with Gasteiger partial charge in [0.15, 0.2) is 0 Å². The predicted molar refractivity (Wildman–Crippen MR) is 47.9 cm³/mol. The van der Waals surface area contributed by atoms with Crippen molar-refractivity contribution >= 4 is 5.91 Å². The number of carbonyl (C=O) groups is 1. The maximum absolute atomic E-state index is 11.1. The molecule has 1 amide bonds. The van der Waals surface area contributed by atoms with E-state index in [9.17, 15) is 4.79 Å². The van der Waals surface area contributed by atoms with Crippen LogP contribution < -0.4 is 5.32 Å². The van der Waals surface area contributed by atoms with Crippen LogP contribution in [0, 0.1) is 0 Å². The Morgan fingerprint density at radius 2 is 2.17 bits per heavy atom. The van der Waals surface area contributed by atoms with E-state index in [1.165, 1.54) is 0 Å². The molecule has 4 nitrogen and oxygen atoms in total. The monoisotopic (exact) mass is 174 g/mol. The van der Waals surface area contributed by atoms with Crippen LogP contribution in [0.2, 0.25) is 0 Å². The molecule has 0 rings (SSSR count). The number of rotatable bonds is 5. The summed E-state index contributed by atoms with van der Waals surface area (Å²) in [5.74, 6) is -0.0414. The molecule has 0 aromatic rings. The Morgan fingerprint density at radius 3 is 2.58 bits per heavy atom. The van der Waals surface area contributed by atoms with Crippen molar-refractivity contribution in [3.8, 4) is 0 Å². The second-order valence-corrected chi connectivity index (χ2v) is 3.08. The molecule has 0 aliphatic carbocycles. The molecule has 2 N–H and O–H groups in total. The Balaban J connectivity index is 3.54. The number of aliphatic hydroxyl groups excluding tert-OH is 1. The van der Waals surface area contributed by atoms with Gasteiger partial charge in [0.1, 0.15) is 0 Å². The fourth-order valence-corrected chi connectivity index (χ4v) is 0.660. The average Bonchev–Trinajstić information content (AvgIpc) is 2.00. The number of aliphatic hydroxyl groups is 1. The van der Waals surface area contributed by atoms with Crippen LogP contribution in [0.15, 0.2) is 0 Å². The van der Waals surface area contributed by atoms with E-state index in [4.69, 9.17) is 5.11 Å². The summed E-state index contributed by atoms with van der Waals surface area (Å²) in [6.45, 7) is 4.78. The highest BCUT2D eigenvalue weighted by Gasteiger charge is 2.07. The molecule has 0 aromatic carbocycles. The Hall–Kier alpha value is -0.610. The zero-order valence-corrected chi connectivity index (χ0v) is 8.00. The molecule has 4 heteroatoms. The number of nitrogens with zero attached hydrogens (tertiary/aromatic N) is 1. The quantitative estimate of drug-likeness (QED) is 0.587. The molecule has 0 unspecified atom stereocenters. The first-order valence-electron chi connectivity index (χ1n) is 4.15. The van der Waals surface area contributed by atoms with Crippen LogP contribution >= 0.6 is 0 Å². The van der Waals surface area contributed by atoms with Crippen LogP contribution in [0.25, 0.3) is 0 Å². The first-order chi connectivity index (χ1) is 5.57. The third kappa shape index (κ3) is 5.09. The lowest BCUT2D eigenvalue weighted by molar-refractivity contribution is -0.122. The lowest BCUT2D eigenvalue weighted by Crippen LogP contribution is -2.39. The molecule has 0 saturated heterocycles. The molecular formula is C8H18N2O2. The van der Waals surface area contributed by atoms with Crippen LogP contribution in [0.3, 0.4) is 0 Å². The second-order valence-electron chi connectivity index (χ2n) is 3.08. The number of amides is 1. The van der Waals surface area contributed by atoms with Gasteiger partial charge in [0.05, 0.1) is 13.2 Å². The predicted octanol–water partition coefficient (Wildman–Crippen LogP) is -0.565. The van der Waals surface area contributed by atoms with Gasteiger partial charge in [0.2, 0.25) is 5.91 Å². The van der Waals surface area contributed by atoms with E-state index in [1.807, 2.05) is 25.8 Å². The van der Waals surface area contributed by atoms with Gasteiger partial charge in [0, 0.05) is 12.6 Å². The molecule has 0 bridgehead atoms. The van der Waals surface area contributed by atoms with Crippen LogP contribution in [-0.4, -0.2) is 48.7 Å². The van der Waals surface area contributed by atoms with E-state index in [1.54, 1.807) is 0 Å². The van der Waals surface area contributed by atoms with Crippen molar-refractivity contribution < 1.29 is 9.90 Å². The van der Waals surface area contributed by atoms with Crippen molar-refractivity contribution in [3.63, 3.8) is 0 Å². The minimum Gasteiger partial charge on any atom is -0.395 e. The minimum absolute atomic E-state index is 0.00284. The topological polar surface area (TPSA) is 52.6 Å². The van der Waals surface area contributed by atoms with Crippen molar-refractivity contribution in [1.29, 1.82) is 0 Å². The lowest BCUT2D eigenvalue weighted by atomic mass is 10.3. The zero-order chi connectivity index (χ0) is 9.56. The fraction of sp³-hybridized carbons (Fsp3) is 0.875. The number of nitrogens with one attached hydrogen (secondary N) is 1. The largest absolute Gasteiger partial charge is 0.395 e. The van der Waals surface area contributed by atoms with Crippen molar-refractivity contribution in [1.82, 2.24) is 10.2 Å². The summed E-state index contributed by atoms with van der Waals surface area (Å²) < 4.78 is 0. The van der Waals surface area contributed by atoms with Gasteiger partial charge in [-0.3, -0.25) is 9.69 Å². The Morgan fingerprint density at radius 1 is 1.58 bits per heavy atom. The molecule has 0 aliphatic rings. The average molecular weight is 174 g/mol. The molecule has 0 heterocycles. The maximum Gasteiger partial charge on any atom is 0.234 e. The molecule has 12 heavy (non-hydrogen) atoms. The molecule has 0 fully saturated rings. The smallest absolute Gasteiger partial charge is 0.234 e. The third-order valence-electron chi connectivity index (χ3n) is 1.71. The van der Waals surface area contributed by atoms with Crippen molar-refractivity contribution in [2.45, 2.75) is 19.9 Å². The summed E-state index contributed by atoms with van der Waals surface area (Å²) in [6, 6.07) is 0.366. The third-order valence-corrected chi connectivity index (χ3v) is 1.71. The van der Waals surface area contributed by atoms with Crippen molar-refractivity contribution in [2.75, 3.05) is 26.7 Å². The molecule has 0 aliphatic heterocycles. The standard InChI is InChI=1S/C8H18N2O2/c1-7(2)10(3)6-8(12)9-4-5-11/h7,11H,4-6H2,1-3H3,(H,9,12). The van der Waals surface area contributed by atoms with Crippen molar-refractivity contribution in [2.24, 2.45) is 0 Å². The van der Waals surface area contributed by atoms with Gasteiger partial charge < -0.3 is 10.4 Å². The van der Waals surface area contributed by atoms with Crippen LogP contribution in [0.1, 0.15) is 13.8 Å². The Bertz CT molecular complexity index is 137. The fourth-order valence-electron chi connectivity index (χ4n) is 0.660. The van der Waals surface area contributed by atoms with E-state index in [0.29, 0.717) is 19.1 Å². The highest BCUT2D eigenvalue weighted by Crippen LogP contribution is 1.91. The summed E-state index contributed by atoms with van der Waals surface area (Å²) in [7, 11) is 1.89. The summed E-state index contributed by atoms with van der Waals surface area (Å²) in [5, 5.41) is 11.0. The normalized spacial score (nSPS) is 10.8. The molecule has 0 spiro atoms. The highest BCUT2D eigenvalue weighted by molar-refractivity contribution is 5.77.